The average molecular weight is 638 g/mol. The summed E-state index contributed by atoms with van der Waals surface area (Å²) in [7, 11) is -4.12. The minimum Gasteiger partial charge on any atom is -0.352 e. The maximum absolute atomic E-state index is 14.6. The molecule has 1 saturated carbocycles. The molecule has 0 aliphatic heterocycles. The van der Waals surface area contributed by atoms with E-state index in [9.17, 15) is 18.0 Å². The van der Waals surface area contributed by atoms with Gasteiger partial charge in [-0.2, -0.15) is 0 Å². The lowest BCUT2D eigenvalue weighted by molar-refractivity contribution is -0.140. The van der Waals surface area contributed by atoms with E-state index in [0.717, 1.165) is 55.2 Å². The summed E-state index contributed by atoms with van der Waals surface area (Å²) in [6, 6.07) is 33.8. The van der Waals surface area contributed by atoms with Gasteiger partial charge in [-0.3, -0.25) is 13.9 Å². The summed E-state index contributed by atoms with van der Waals surface area (Å²) < 4.78 is 29.4. The van der Waals surface area contributed by atoms with Gasteiger partial charge < -0.3 is 10.2 Å². The zero-order valence-corrected chi connectivity index (χ0v) is 27.2. The number of aryl methyl sites for hydroxylation is 1. The predicted molar refractivity (Wildman–Crippen MR) is 183 cm³/mol. The van der Waals surface area contributed by atoms with Gasteiger partial charge in [0.2, 0.25) is 11.8 Å². The van der Waals surface area contributed by atoms with Crippen LogP contribution in [0.1, 0.15) is 55.7 Å². The molecule has 46 heavy (non-hydrogen) atoms. The number of carbonyl (C=O) groups is 2. The van der Waals surface area contributed by atoms with Crippen molar-refractivity contribution in [2.75, 3.05) is 10.8 Å². The summed E-state index contributed by atoms with van der Waals surface area (Å²) >= 11 is 0. The molecule has 7 nitrogen and oxygen atoms in total. The summed E-state index contributed by atoms with van der Waals surface area (Å²) in [5.74, 6) is -0.674. The van der Waals surface area contributed by atoms with E-state index in [1.165, 1.54) is 16.4 Å². The highest BCUT2D eigenvalue weighted by Gasteiger charge is 2.35. The Balaban J connectivity index is 1.54. The van der Waals surface area contributed by atoms with Gasteiger partial charge in [0.15, 0.2) is 0 Å². The number of benzene rings is 4. The monoisotopic (exact) mass is 637 g/mol. The molecule has 0 bridgehead atoms. The molecule has 0 aromatic heterocycles. The van der Waals surface area contributed by atoms with Crippen LogP contribution in [0.4, 0.5) is 5.69 Å². The van der Waals surface area contributed by atoms with Crippen molar-refractivity contribution in [1.29, 1.82) is 0 Å². The number of sulfonamides is 1. The SMILES string of the molecule is CCc1ccc(N(CC(=O)N(Cc2ccccc2)C(Cc2ccccc2)C(=O)NC2CCCCC2)S(=O)(=O)c2ccccc2)cc1. The molecular weight excluding hydrogens is 595 g/mol. The van der Waals surface area contributed by atoms with Crippen LogP contribution in [-0.4, -0.2) is 43.8 Å². The molecule has 2 amide bonds. The van der Waals surface area contributed by atoms with Gasteiger partial charge in [0.05, 0.1) is 10.6 Å². The van der Waals surface area contributed by atoms with Crippen LogP contribution in [-0.2, 0) is 39.0 Å². The fourth-order valence-corrected chi connectivity index (χ4v) is 7.46. The number of anilines is 1. The molecule has 4 aromatic rings. The Morgan fingerprint density at radius 2 is 1.30 bits per heavy atom. The fraction of sp³-hybridized carbons (Fsp3) is 0.316. The first kappa shape index (κ1) is 32.9. The maximum atomic E-state index is 14.6. The molecule has 0 heterocycles. The molecule has 0 radical (unpaired) electrons. The molecular formula is C38H43N3O4S. The van der Waals surface area contributed by atoms with Gasteiger partial charge in [-0.1, -0.05) is 117 Å². The van der Waals surface area contributed by atoms with Crippen LogP contribution in [0.3, 0.4) is 0 Å². The van der Waals surface area contributed by atoms with Gasteiger partial charge in [0.25, 0.3) is 10.0 Å². The van der Waals surface area contributed by atoms with Crippen LogP contribution in [0.15, 0.2) is 120 Å². The highest BCUT2D eigenvalue weighted by atomic mass is 32.2. The lowest BCUT2D eigenvalue weighted by Crippen LogP contribution is -2.55. The first-order valence-electron chi connectivity index (χ1n) is 16.2. The number of nitrogens with zero attached hydrogens (tertiary/aromatic N) is 2. The molecule has 5 rings (SSSR count). The minimum atomic E-state index is -4.12. The lowest BCUT2D eigenvalue weighted by Gasteiger charge is -2.35. The highest BCUT2D eigenvalue weighted by Crippen LogP contribution is 2.26. The second kappa shape index (κ2) is 15.7. The van der Waals surface area contributed by atoms with Gasteiger partial charge >= 0.3 is 0 Å². The molecule has 8 heteroatoms. The molecule has 1 aliphatic carbocycles. The molecule has 1 fully saturated rings. The van der Waals surface area contributed by atoms with Gasteiger partial charge in [0, 0.05) is 19.0 Å². The van der Waals surface area contributed by atoms with Gasteiger partial charge in [-0.05, 0) is 60.2 Å². The minimum absolute atomic E-state index is 0.0558. The maximum Gasteiger partial charge on any atom is 0.264 e. The van der Waals surface area contributed by atoms with Crippen molar-refractivity contribution in [3.63, 3.8) is 0 Å². The summed E-state index contributed by atoms with van der Waals surface area (Å²) in [6.07, 6.45) is 6.19. The Hall–Kier alpha value is -4.43. The van der Waals surface area contributed by atoms with E-state index in [1.807, 2.05) is 79.7 Å². The molecule has 4 aromatic carbocycles. The Kier molecular flexibility index (Phi) is 11.3. The fourth-order valence-electron chi connectivity index (χ4n) is 6.02. The van der Waals surface area contributed by atoms with E-state index in [2.05, 4.69) is 5.32 Å². The zero-order valence-electron chi connectivity index (χ0n) is 26.4. The van der Waals surface area contributed by atoms with E-state index in [-0.39, 0.29) is 23.4 Å². The smallest absolute Gasteiger partial charge is 0.264 e. The van der Waals surface area contributed by atoms with Crippen molar-refractivity contribution in [2.45, 2.75) is 75.4 Å². The number of hydrogen-bond donors (Lipinski definition) is 1. The number of hydrogen-bond acceptors (Lipinski definition) is 4. The summed E-state index contributed by atoms with van der Waals surface area (Å²) in [5, 5.41) is 3.25. The van der Waals surface area contributed by atoms with E-state index in [4.69, 9.17) is 0 Å². The van der Waals surface area contributed by atoms with E-state index >= 15 is 0 Å². The van der Waals surface area contributed by atoms with Crippen LogP contribution < -0.4 is 9.62 Å². The Morgan fingerprint density at radius 3 is 1.89 bits per heavy atom. The number of carbonyl (C=O) groups excluding carboxylic acids is 2. The van der Waals surface area contributed by atoms with Crippen molar-refractivity contribution in [3.8, 4) is 0 Å². The second-order valence-corrected chi connectivity index (χ2v) is 13.8. The molecule has 0 saturated heterocycles. The van der Waals surface area contributed by atoms with Crippen molar-refractivity contribution in [3.05, 3.63) is 132 Å². The van der Waals surface area contributed by atoms with Crippen LogP contribution in [0, 0.1) is 0 Å². The zero-order chi connectivity index (χ0) is 32.4. The summed E-state index contributed by atoms with van der Waals surface area (Å²) in [5.41, 5.74) is 3.21. The lowest BCUT2D eigenvalue weighted by atomic mass is 9.94. The number of nitrogens with one attached hydrogen (secondary N) is 1. The van der Waals surface area contributed by atoms with E-state index < -0.39 is 28.5 Å². The molecule has 1 unspecified atom stereocenters. The first-order chi connectivity index (χ1) is 22.3. The van der Waals surface area contributed by atoms with Crippen LogP contribution in [0.5, 0.6) is 0 Å². The van der Waals surface area contributed by atoms with Gasteiger partial charge in [-0.25, -0.2) is 8.42 Å². The highest BCUT2D eigenvalue weighted by molar-refractivity contribution is 7.92. The Morgan fingerprint density at radius 1 is 0.739 bits per heavy atom. The van der Waals surface area contributed by atoms with Crippen molar-refractivity contribution in [2.24, 2.45) is 0 Å². The second-order valence-electron chi connectivity index (χ2n) is 11.9. The molecule has 1 atom stereocenters. The van der Waals surface area contributed by atoms with Gasteiger partial charge in [0.1, 0.15) is 12.6 Å². The summed E-state index contributed by atoms with van der Waals surface area (Å²) in [6.45, 7) is 1.73. The number of amides is 2. The van der Waals surface area contributed by atoms with Gasteiger partial charge in [-0.15, -0.1) is 0 Å². The standard InChI is InChI=1S/C38H43N3O4S/c1-2-30-23-25-34(26-24-30)41(46(44,45)35-21-13-6-14-22-35)29-37(42)40(28-32-17-9-4-10-18-32)36(27-31-15-7-3-8-16-31)38(43)39-33-19-11-5-12-20-33/h3-4,6-10,13-18,21-26,33,36H,2,5,11-12,19-20,27-29H2,1H3,(H,39,43). The van der Waals surface area contributed by atoms with E-state index in [1.54, 1.807) is 35.2 Å². The molecule has 240 valence electrons. The molecule has 0 spiro atoms. The topological polar surface area (TPSA) is 86.8 Å². The molecule has 1 N–H and O–H groups in total. The largest absolute Gasteiger partial charge is 0.352 e. The third kappa shape index (κ3) is 8.43. The third-order valence-corrected chi connectivity index (χ3v) is 10.4. The van der Waals surface area contributed by atoms with E-state index in [0.29, 0.717) is 12.1 Å². The predicted octanol–water partition coefficient (Wildman–Crippen LogP) is 6.53. The van der Waals surface area contributed by atoms with Crippen LogP contribution in [0.2, 0.25) is 0 Å². The van der Waals surface area contributed by atoms with Crippen molar-refractivity contribution >= 4 is 27.5 Å². The number of rotatable bonds is 13. The Bertz CT molecular complexity index is 1660. The normalized spacial score (nSPS) is 14.3. The Labute approximate surface area is 273 Å². The van der Waals surface area contributed by atoms with Crippen molar-refractivity contribution < 1.29 is 18.0 Å². The third-order valence-electron chi connectivity index (χ3n) is 8.66. The van der Waals surface area contributed by atoms with Crippen LogP contribution in [0.25, 0.3) is 0 Å². The summed E-state index contributed by atoms with van der Waals surface area (Å²) in [4.78, 5) is 30.4. The average Bonchev–Trinajstić information content (AvgIpc) is 3.10. The van der Waals surface area contributed by atoms with Crippen LogP contribution >= 0.6 is 0 Å². The van der Waals surface area contributed by atoms with Crippen molar-refractivity contribution in [1.82, 2.24) is 10.2 Å². The first-order valence-corrected chi connectivity index (χ1v) is 17.6. The quantitative estimate of drug-likeness (QED) is 0.181. The molecule has 1 aliphatic rings.